The highest BCUT2D eigenvalue weighted by Crippen LogP contribution is 2.30. The first-order valence-corrected chi connectivity index (χ1v) is 5.27. The van der Waals surface area contributed by atoms with Gasteiger partial charge in [0.25, 0.3) is 0 Å². The van der Waals surface area contributed by atoms with Crippen LogP contribution in [-0.4, -0.2) is 12.8 Å². The summed E-state index contributed by atoms with van der Waals surface area (Å²) in [6, 6.07) is 2.21. The zero-order valence-corrected chi connectivity index (χ0v) is 10.1. The van der Waals surface area contributed by atoms with Gasteiger partial charge in [0.1, 0.15) is 0 Å². The summed E-state index contributed by atoms with van der Waals surface area (Å²) in [4.78, 5) is 3.52. The zero-order valence-electron chi connectivity index (χ0n) is 10.1. The van der Waals surface area contributed by atoms with Crippen LogP contribution in [0.5, 0.6) is 0 Å². The summed E-state index contributed by atoms with van der Waals surface area (Å²) in [5.41, 5.74) is -0.877. The molecule has 0 fully saturated rings. The number of pyridine rings is 1. The molecule has 1 nitrogen and oxygen atoms in total. The molecule has 0 aliphatic rings. The first-order chi connectivity index (χ1) is 7.55. The van der Waals surface area contributed by atoms with Crippen LogP contribution in [0.2, 0.25) is 0 Å². The van der Waals surface area contributed by atoms with Gasteiger partial charge in [-0.3, -0.25) is 4.98 Å². The average molecular weight is 231 g/mol. The summed E-state index contributed by atoms with van der Waals surface area (Å²) in [6.45, 7) is 8.00. The predicted molar refractivity (Wildman–Crippen MR) is 61.4 cm³/mol. The molecule has 0 amide bonds. The van der Waals surface area contributed by atoms with Crippen molar-refractivity contribution in [1.29, 1.82) is 0 Å². The molecular formula is C11H17BF3N. The van der Waals surface area contributed by atoms with E-state index in [0.717, 1.165) is 6.07 Å². The van der Waals surface area contributed by atoms with Gasteiger partial charge < -0.3 is 0 Å². The third-order valence-electron chi connectivity index (χ3n) is 1.39. The van der Waals surface area contributed by atoms with E-state index in [9.17, 15) is 13.2 Å². The molecule has 1 aromatic rings. The number of halogens is 3. The summed E-state index contributed by atoms with van der Waals surface area (Å²) in [5, 5.41) is 0. The lowest BCUT2D eigenvalue weighted by Crippen LogP contribution is -2.10. The molecule has 0 saturated heterocycles. The van der Waals surface area contributed by atoms with Crippen LogP contribution in [-0.2, 0) is 12.5 Å². The maximum Gasteiger partial charge on any atom is 0.418 e. The summed E-state index contributed by atoms with van der Waals surface area (Å²) in [6.07, 6.45) is -3.27. The van der Waals surface area contributed by atoms with Gasteiger partial charge in [-0.15, -0.1) is 0 Å². The molecule has 0 aromatic carbocycles. The molecule has 0 aliphatic carbocycles. The molecule has 0 aliphatic heterocycles. The summed E-state index contributed by atoms with van der Waals surface area (Å²) in [5.74, 6) is 0. The van der Waals surface area contributed by atoms with E-state index in [4.69, 9.17) is 7.85 Å². The van der Waals surface area contributed by atoms with Crippen molar-refractivity contribution in [2.75, 3.05) is 0 Å². The van der Waals surface area contributed by atoms with Gasteiger partial charge in [-0.1, -0.05) is 27.7 Å². The van der Waals surface area contributed by atoms with E-state index in [0.29, 0.717) is 0 Å². The van der Waals surface area contributed by atoms with Crippen molar-refractivity contribution >= 4 is 7.85 Å². The topological polar surface area (TPSA) is 12.9 Å². The van der Waals surface area contributed by atoms with Gasteiger partial charge in [0.05, 0.1) is 13.4 Å². The fourth-order valence-electron chi connectivity index (χ4n) is 0.859. The zero-order chi connectivity index (χ0) is 13.2. The second-order valence-electron chi connectivity index (χ2n) is 2.20. The van der Waals surface area contributed by atoms with Crippen LogP contribution in [0.25, 0.3) is 0 Å². The molecule has 16 heavy (non-hydrogen) atoms. The van der Waals surface area contributed by atoms with Gasteiger partial charge in [0, 0.05) is 11.9 Å². The van der Waals surface area contributed by atoms with Crippen molar-refractivity contribution in [1.82, 2.24) is 4.98 Å². The maximum atomic E-state index is 12.1. The average Bonchev–Trinajstić information content (AvgIpc) is 2.33. The standard InChI is InChI=1S/C7H5BF3N.2C2H6/c8-4-6-5(7(9,10)11)2-1-3-12-6;2*1-2/h1-3H,4H2;2*1-2H3. The van der Waals surface area contributed by atoms with E-state index in [-0.39, 0.29) is 12.0 Å². The molecule has 90 valence electrons. The van der Waals surface area contributed by atoms with Crippen LogP contribution in [0.4, 0.5) is 13.2 Å². The lowest BCUT2D eigenvalue weighted by molar-refractivity contribution is -0.138. The molecule has 2 radical (unpaired) electrons. The minimum absolute atomic E-state index is 0.120. The predicted octanol–water partition coefficient (Wildman–Crippen LogP) is 3.82. The van der Waals surface area contributed by atoms with Crippen LogP contribution < -0.4 is 0 Å². The van der Waals surface area contributed by atoms with Crippen LogP contribution in [0.3, 0.4) is 0 Å². The Labute approximate surface area is 96.5 Å². The Morgan fingerprint density at radius 3 is 2.00 bits per heavy atom. The van der Waals surface area contributed by atoms with E-state index in [1.807, 2.05) is 27.7 Å². The van der Waals surface area contributed by atoms with Crippen molar-refractivity contribution in [3.8, 4) is 0 Å². The van der Waals surface area contributed by atoms with Gasteiger partial charge >= 0.3 is 6.18 Å². The van der Waals surface area contributed by atoms with Crippen molar-refractivity contribution < 1.29 is 13.2 Å². The molecule has 5 heteroatoms. The third kappa shape index (κ3) is 5.78. The molecule has 1 aromatic heterocycles. The summed E-state index contributed by atoms with van der Waals surface area (Å²) >= 11 is 0. The number of hydrogen-bond acceptors (Lipinski definition) is 1. The van der Waals surface area contributed by atoms with E-state index >= 15 is 0 Å². The van der Waals surface area contributed by atoms with Gasteiger partial charge in [-0.25, -0.2) is 0 Å². The molecule has 0 N–H and O–H groups in total. The van der Waals surface area contributed by atoms with E-state index < -0.39 is 11.7 Å². The second-order valence-corrected chi connectivity index (χ2v) is 2.20. The van der Waals surface area contributed by atoms with Crippen molar-refractivity contribution in [2.45, 2.75) is 40.2 Å². The monoisotopic (exact) mass is 231 g/mol. The van der Waals surface area contributed by atoms with E-state index in [1.54, 1.807) is 0 Å². The number of nitrogens with zero attached hydrogens (tertiary/aromatic N) is 1. The first-order valence-electron chi connectivity index (χ1n) is 5.27. The minimum Gasteiger partial charge on any atom is -0.261 e. The first kappa shape index (κ1) is 17.4. The minimum atomic E-state index is -4.36. The van der Waals surface area contributed by atoms with Gasteiger partial charge in [0.15, 0.2) is 0 Å². The highest BCUT2D eigenvalue weighted by Gasteiger charge is 2.32. The fraction of sp³-hybridized carbons (Fsp3) is 0.545. The Morgan fingerprint density at radius 1 is 1.19 bits per heavy atom. The maximum absolute atomic E-state index is 12.1. The molecular weight excluding hydrogens is 214 g/mol. The SMILES string of the molecule is CC.CC.[B]Cc1ncccc1C(F)(F)F. The van der Waals surface area contributed by atoms with Crippen LogP contribution in [0.1, 0.15) is 39.0 Å². The van der Waals surface area contributed by atoms with E-state index in [2.05, 4.69) is 4.98 Å². The second kappa shape index (κ2) is 9.25. The Hall–Kier alpha value is -0.995. The number of rotatable bonds is 1. The lowest BCUT2D eigenvalue weighted by atomic mass is 9.98. The molecule has 0 saturated carbocycles. The van der Waals surface area contributed by atoms with Gasteiger partial charge in [0.2, 0.25) is 0 Å². The van der Waals surface area contributed by atoms with Crippen LogP contribution >= 0.6 is 0 Å². The Balaban J connectivity index is 0. The molecule has 0 spiro atoms. The summed E-state index contributed by atoms with van der Waals surface area (Å²) < 4.78 is 36.4. The van der Waals surface area contributed by atoms with Gasteiger partial charge in [-0.05, 0) is 18.5 Å². The lowest BCUT2D eigenvalue weighted by Gasteiger charge is -2.09. The highest BCUT2D eigenvalue weighted by molar-refractivity contribution is 6.08. The van der Waals surface area contributed by atoms with Gasteiger partial charge in [-0.2, -0.15) is 13.2 Å². The Morgan fingerprint density at radius 2 is 1.69 bits per heavy atom. The van der Waals surface area contributed by atoms with Crippen molar-refractivity contribution in [3.63, 3.8) is 0 Å². The molecule has 0 atom stereocenters. The van der Waals surface area contributed by atoms with Crippen LogP contribution in [0, 0.1) is 0 Å². The fourth-order valence-corrected chi connectivity index (χ4v) is 0.859. The molecule has 1 rings (SSSR count). The Kier molecular flexibility index (Phi) is 10.1. The number of alkyl halides is 3. The Bertz CT molecular complexity index is 274. The largest absolute Gasteiger partial charge is 0.418 e. The smallest absolute Gasteiger partial charge is 0.261 e. The summed E-state index contributed by atoms with van der Waals surface area (Å²) in [7, 11) is 5.08. The third-order valence-corrected chi connectivity index (χ3v) is 1.39. The van der Waals surface area contributed by atoms with E-state index in [1.165, 1.54) is 12.3 Å². The molecule has 0 bridgehead atoms. The quantitative estimate of drug-likeness (QED) is 0.669. The number of aromatic nitrogens is 1. The molecule has 1 heterocycles. The van der Waals surface area contributed by atoms with Crippen LogP contribution in [0.15, 0.2) is 18.3 Å². The number of hydrogen-bond donors (Lipinski definition) is 0. The van der Waals surface area contributed by atoms with Crippen molar-refractivity contribution in [3.05, 3.63) is 29.6 Å². The van der Waals surface area contributed by atoms with Crippen molar-refractivity contribution in [2.24, 2.45) is 0 Å². The molecule has 0 unspecified atom stereocenters. The highest BCUT2D eigenvalue weighted by atomic mass is 19.4. The normalized spacial score (nSPS) is 9.44.